The highest BCUT2D eigenvalue weighted by Crippen LogP contribution is 2.36. The van der Waals surface area contributed by atoms with Crippen molar-refractivity contribution in [1.29, 1.82) is 0 Å². The fourth-order valence-electron chi connectivity index (χ4n) is 2.94. The van der Waals surface area contributed by atoms with Crippen LogP contribution in [0.2, 0.25) is 10.0 Å². The fourth-order valence-corrected chi connectivity index (χ4v) is 3.71. The van der Waals surface area contributed by atoms with Gasteiger partial charge in [0.25, 0.3) is 0 Å². The fraction of sp³-hybridized carbons (Fsp3) is 0.200. The van der Waals surface area contributed by atoms with Gasteiger partial charge >= 0.3 is 22.6 Å². The molecule has 0 saturated carbocycles. The van der Waals surface area contributed by atoms with Gasteiger partial charge in [-0.25, -0.2) is 18.4 Å². The van der Waals surface area contributed by atoms with Crippen LogP contribution in [-0.4, -0.2) is 27.3 Å². The van der Waals surface area contributed by atoms with E-state index in [1.165, 1.54) is 13.0 Å². The van der Waals surface area contributed by atoms with Gasteiger partial charge < -0.3 is 8.92 Å². The van der Waals surface area contributed by atoms with E-state index in [-0.39, 0.29) is 34.0 Å². The van der Waals surface area contributed by atoms with Gasteiger partial charge in [-0.15, -0.1) is 0 Å². The minimum Gasteiger partial charge on any atom is -0.462 e. The van der Waals surface area contributed by atoms with Crippen LogP contribution in [0, 0.1) is 5.82 Å². The molecule has 0 radical (unpaired) electrons. The van der Waals surface area contributed by atoms with Crippen molar-refractivity contribution in [2.24, 2.45) is 0 Å². The smallest absolute Gasteiger partial charge is 0.462 e. The molecular formula is C20H13Cl2F4NO4S. The summed E-state index contributed by atoms with van der Waals surface area (Å²) in [7, 11) is 0. The van der Waals surface area contributed by atoms with Crippen molar-refractivity contribution < 1.29 is 35.5 Å². The normalized spacial score (nSPS) is 12.6. The summed E-state index contributed by atoms with van der Waals surface area (Å²) in [5.41, 5.74) is -5.78. The number of fused-ring (bicyclic) bond motifs is 1. The molecule has 0 bridgehead atoms. The molecule has 0 aliphatic heterocycles. The molecule has 3 rings (SSSR count). The average molecular weight is 510 g/mol. The Hall–Kier alpha value is -2.43. The second-order valence-corrected chi connectivity index (χ2v) is 8.25. The molecule has 1 unspecified atom stereocenters. The highest BCUT2D eigenvalue weighted by molar-refractivity contribution is 7.81. The predicted molar refractivity (Wildman–Crippen MR) is 112 cm³/mol. The first-order valence-corrected chi connectivity index (χ1v) is 10.7. The number of hydrogen-bond donors (Lipinski definition) is 0. The molecule has 0 fully saturated rings. The maximum atomic E-state index is 14.6. The lowest BCUT2D eigenvalue weighted by molar-refractivity contribution is -0.0439. The van der Waals surface area contributed by atoms with Crippen LogP contribution in [0.25, 0.3) is 10.9 Å². The molecule has 5 nitrogen and oxygen atoms in total. The van der Waals surface area contributed by atoms with Crippen LogP contribution in [-0.2, 0) is 22.2 Å². The molecule has 3 aromatic rings. The number of aromatic nitrogens is 1. The molecule has 1 aromatic heterocycles. The van der Waals surface area contributed by atoms with Crippen LogP contribution in [0.1, 0.15) is 28.4 Å². The quantitative estimate of drug-likeness (QED) is 0.300. The van der Waals surface area contributed by atoms with Crippen molar-refractivity contribution in [3.63, 3.8) is 0 Å². The van der Waals surface area contributed by atoms with E-state index in [0.717, 1.165) is 6.07 Å². The van der Waals surface area contributed by atoms with Crippen molar-refractivity contribution in [1.82, 2.24) is 4.98 Å². The molecule has 32 heavy (non-hydrogen) atoms. The number of rotatable bonds is 6. The molecule has 0 spiro atoms. The number of ether oxygens (including phenoxy) is 1. The standard InChI is InChI=1S/C20H13Cl2F4NO4S/c1-2-30-19(28)16-12(7-10-5-3-4-6-14(10)22)13-8-11(21)9-15(23)17(13)27-18(16)31-32(29)20(24,25)26/h3-6,8-9H,2,7H2,1H3. The van der Waals surface area contributed by atoms with Crippen LogP contribution in [0.15, 0.2) is 36.4 Å². The second-order valence-electron chi connectivity index (χ2n) is 6.31. The molecule has 170 valence electrons. The average Bonchev–Trinajstić information content (AvgIpc) is 2.69. The Kier molecular flexibility index (Phi) is 7.26. The monoisotopic (exact) mass is 509 g/mol. The molecule has 0 N–H and O–H groups in total. The lowest BCUT2D eigenvalue weighted by Gasteiger charge is -2.17. The molecule has 2 aromatic carbocycles. The summed E-state index contributed by atoms with van der Waals surface area (Å²) >= 11 is 8.30. The van der Waals surface area contributed by atoms with Crippen molar-refractivity contribution in [2.45, 2.75) is 18.9 Å². The van der Waals surface area contributed by atoms with Gasteiger partial charge in [-0.05, 0) is 36.2 Å². The van der Waals surface area contributed by atoms with E-state index in [9.17, 15) is 26.6 Å². The summed E-state index contributed by atoms with van der Waals surface area (Å²) in [6.07, 6.45) is -0.137. The Morgan fingerprint density at radius 3 is 2.50 bits per heavy atom. The first-order valence-electron chi connectivity index (χ1n) is 8.92. The Bertz CT molecular complexity index is 1220. The first-order chi connectivity index (χ1) is 15.0. The summed E-state index contributed by atoms with van der Waals surface area (Å²) in [4.78, 5) is 16.4. The Morgan fingerprint density at radius 1 is 1.19 bits per heavy atom. The predicted octanol–water partition coefficient (Wildman–Crippen LogP) is 6.01. The van der Waals surface area contributed by atoms with Gasteiger partial charge in [0, 0.05) is 21.9 Å². The number of halogens is 6. The maximum Gasteiger partial charge on any atom is 0.508 e. The summed E-state index contributed by atoms with van der Waals surface area (Å²) in [5, 5.41) is 0.277. The van der Waals surface area contributed by atoms with Crippen LogP contribution in [0.4, 0.5) is 17.6 Å². The van der Waals surface area contributed by atoms with Crippen molar-refractivity contribution >= 4 is 51.2 Å². The van der Waals surface area contributed by atoms with Crippen LogP contribution in [0.5, 0.6) is 5.88 Å². The first kappa shape index (κ1) is 24.2. The third kappa shape index (κ3) is 5.13. The van der Waals surface area contributed by atoms with E-state index < -0.39 is 45.3 Å². The lowest BCUT2D eigenvalue weighted by atomic mass is 9.96. The number of pyridine rings is 1. The lowest BCUT2D eigenvalue weighted by Crippen LogP contribution is -2.23. The Labute approximate surface area is 191 Å². The van der Waals surface area contributed by atoms with E-state index in [0.29, 0.717) is 5.56 Å². The maximum absolute atomic E-state index is 14.6. The molecule has 1 atom stereocenters. The van der Waals surface area contributed by atoms with E-state index in [1.807, 2.05) is 0 Å². The molecule has 12 heteroatoms. The van der Waals surface area contributed by atoms with Crippen LogP contribution >= 0.6 is 23.2 Å². The van der Waals surface area contributed by atoms with Gasteiger partial charge in [-0.1, -0.05) is 41.4 Å². The van der Waals surface area contributed by atoms with Gasteiger partial charge in [0.05, 0.1) is 6.61 Å². The number of hydrogen-bond acceptors (Lipinski definition) is 5. The van der Waals surface area contributed by atoms with Gasteiger partial charge in [0.2, 0.25) is 5.88 Å². The topological polar surface area (TPSA) is 65.5 Å². The number of benzene rings is 2. The molecule has 0 saturated heterocycles. The highest BCUT2D eigenvalue weighted by Gasteiger charge is 2.41. The number of carbonyl (C=O) groups excluding carboxylic acids is 1. The molecule has 0 aliphatic carbocycles. The van der Waals surface area contributed by atoms with Crippen molar-refractivity contribution in [3.8, 4) is 5.88 Å². The Morgan fingerprint density at radius 2 is 1.88 bits per heavy atom. The zero-order chi connectivity index (χ0) is 23.6. The van der Waals surface area contributed by atoms with Crippen LogP contribution < -0.4 is 4.18 Å². The summed E-state index contributed by atoms with van der Waals surface area (Å²) < 4.78 is 74.3. The largest absolute Gasteiger partial charge is 0.508 e. The van der Waals surface area contributed by atoms with Crippen molar-refractivity contribution in [2.75, 3.05) is 6.61 Å². The van der Waals surface area contributed by atoms with E-state index in [4.69, 9.17) is 27.9 Å². The summed E-state index contributed by atoms with van der Waals surface area (Å²) in [6, 6.07) is 8.67. The van der Waals surface area contributed by atoms with E-state index >= 15 is 0 Å². The highest BCUT2D eigenvalue weighted by atomic mass is 35.5. The summed E-state index contributed by atoms with van der Waals surface area (Å²) in [5.74, 6) is -3.07. The minimum atomic E-state index is -5.27. The minimum absolute atomic E-state index is 0.00266. The van der Waals surface area contributed by atoms with Gasteiger partial charge in [0.1, 0.15) is 11.1 Å². The number of alkyl halides is 3. The number of nitrogens with zero attached hydrogens (tertiary/aromatic N) is 1. The van der Waals surface area contributed by atoms with Gasteiger partial charge in [-0.2, -0.15) is 13.2 Å². The third-order valence-electron chi connectivity index (χ3n) is 4.23. The SMILES string of the molecule is CCOC(=O)c1c(OS(=O)C(F)(F)F)nc2c(F)cc(Cl)cc2c1Cc1ccccc1Cl. The number of esters is 1. The molecular weight excluding hydrogens is 497 g/mol. The van der Waals surface area contributed by atoms with Crippen LogP contribution in [0.3, 0.4) is 0 Å². The zero-order valence-electron chi connectivity index (χ0n) is 16.1. The number of carbonyl (C=O) groups is 1. The van der Waals surface area contributed by atoms with E-state index in [2.05, 4.69) is 9.17 Å². The second kappa shape index (κ2) is 9.60. The zero-order valence-corrected chi connectivity index (χ0v) is 18.5. The van der Waals surface area contributed by atoms with Crippen molar-refractivity contribution in [3.05, 3.63) is 69.0 Å². The molecule has 1 heterocycles. The third-order valence-corrected chi connectivity index (χ3v) is 5.50. The molecule has 0 aliphatic rings. The summed E-state index contributed by atoms with van der Waals surface area (Å²) in [6.45, 7) is 1.35. The van der Waals surface area contributed by atoms with Gasteiger partial charge in [-0.3, -0.25) is 0 Å². The Balaban J connectivity index is 2.36. The molecule has 0 amide bonds. The van der Waals surface area contributed by atoms with Gasteiger partial charge in [0.15, 0.2) is 5.82 Å². The van der Waals surface area contributed by atoms with E-state index in [1.54, 1.807) is 24.3 Å².